The van der Waals surface area contributed by atoms with E-state index >= 15 is 0 Å². The fourth-order valence-electron chi connectivity index (χ4n) is 2.40. The van der Waals surface area contributed by atoms with Gasteiger partial charge in [0.15, 0.2) is 0 Å². The Morgan fingerprint density at radius 2 is 1.86 bits per heavy atom. The van der Waals surface area contributed by atoms with Crippen molar-refractivity contribution in [2.75, 3.05) is 13.2 Å². The van der Waals surface area contributed by atoms with Crippen molar-refractivity contribution < 1.29 is 8.95 Å². The maximum atomic E-state index is 12.2. The number of nitrogens with two attached hydrogens (primary N) is 1. The van der Waals surface area contributed by atoms with Gasteiger partial charge in [0.25, 0.3) is 0 Å². The summed E-state index contributed by atoms with van der Waals surface area (Å²) >= 11 is 0. The third-order valence-electron chi connectivity index (χ3n) is 3.30. The van der Waals surface area contributed by atoms with Crippen molar-refractivity contribution in [2.24, 2.45) is 5.73 Å². The number of ether oxygens (including phenoxy) is 1. The standard InChI is InChI=1S/C10H19NO2S/c11-9-2-1-3-10(9)14(12)8-4-6-13-7-5-8/h8-10H,1-7,11H2. The van der Waals surface area contributed by atoms with Crippen LogP contribution in [0.4, 0.5) is 0 Å². The first-order chi connectivity index (χ1) is 6.79. The average Bonchev–Trinajstić information content (AvgIpc) is 2.65. The van der Waals surface area contributed by atoms with Gasteiger partial charge in [-0.3, -0.25) is 4.21 Å². The first kappa shape index (κ1) is 10.6. The van der Waals surface area contributed by atoms with Crippen LogP contribution < -0.4 is 5.73 Å². The van der Waals surface area contributed by atoms with Crippen LogP contribution in [0.5, 0.6) is 0 Å². The molecule has 2 fully saturated rings. The Bertz CT molecular complexity index is 216. The zero-order valence-corrected chi connectivity index (χ0v) is 9.30. The molecule has 0 spiro atoms. The Balaban J connectivity index is 1.92. The Morgan fingerprint density at radius 1 is 1.14 bits per heavy atom. The van der Waals surface area contributed by atoms with Gasteiger partial charge in [-0.2, -0.15) is 0 Å². The van der Waals surface area contributed by atoms with Gasteiger partial charge in [0.2, 0.25) is 0 Å². The minimum absolute atomic E-state index is 0.179. The fraction of sp³-hybridized carbons (Fsp3) is 1.00. The van der Waals surface area contributed by atoms with Crippen LogP contribution in [0.2, 0.25) is 0 Å². The van der Waals surface area contributed by atoms with Crippen LogP contribution in [-0.4, -0.2) is 34.0 Å². The molecule has 3 unspecified atom stereocenters. The van der Waals surface area contributed by atoms with E-state index in [1.165, 1.54) is 0 Å². The second-order valence-corrected chi connectivity index (χ2v) is 6.20. The highest BCUT2D eigenvalue weighted by molar-refractivity contribution is 7.86. The summed E-state index contributed by atoms with van der Waals surface area (Å²) < 4.78 is 17.5. The van der Waals surface area contributed by atoms with Crippen LogP contribution in [0, 0.1) is 0 Å². The quantitative estimate of drug-likeness (QED) is 0.744. The van der Waals surface area contributed by atoms with Crippen LogP contribution in [0.15, 0.2) is 0 Å². The highest BCUT2D eigenvalue weighted by atomic mass is 32.2. The third kappa shape index (κ3) is 2.18. The smallest absolute Gasteiger partial charge is 0.0501 e. The molecule has 0 aromatic heterocycles. The zero-order valence-electron chi connectivity index (χ0n) is 8.48. The molecule has 1 saturated carbocycles. The van der Waals surface area contributed by atoms with E-state index in [1.807, 2.05) is 0 Å². The van der Waals surface area contributed by atoms with Gasteiger partial charge in [-0.25, -0.2) is 0 Å². The zero-order chi connectivity index (χ0) is 9.97. The van der Waals surface area contributed by atoms with E-state index in [9.17, 15) is 4.21 Å². The average molecular weight is 217 g/mol. The maximum absolute atomic E-state index is 12.2. The molecule has 1 aliphatic carbocycles. The van der Waals surface area contributed by atoms with Crippen molar-refractivity contribution in [2.45, 2.75) is 48.6 Å². The first-order valence-electron chi connectivity index (χ1n) is 5.52. The van der Waals surface area contributed by atoms with E-state index < -0.39 is 10.8 Å². The second kappa shape index (κ2) is 4.73. The summed E-state index contributed by atoms with van der Waals surface area (Å²) in [6.45, 7) is 1.55. The molecule has 14 heavy (non-hydrogen) atoms. The van der Waals surface area contributed by atoms with Crippen LogP contribution >= 0.6 is 0 Å². The van der Waals surface area contributed by atoms with E-state index in [2.05, 4.69) is 0 Å². The molecule has 0 aromatic rings. The largest absolute Gasteiger partial charge is 0.381 e. The molecule has 2 aliphatic rings. The monoisotopic (exact) mass is 217 g/mol. The van der Waals surface area contributed by atoms with E-state index in [0.29, 0.717) is 5.25 Å². The Hall–Kier alpha value is 0.0700. The van der Waals surface area contributed by atoms with Crippen molar-refractivity contribution in [1.29, 1.82) is 0 Å². The Morgan fingerprint density at radius 3 is 2.43 bits per heavy atom. The predicted octanol–water partition coefficient (Wildman–Crippen LogP) is 0.794. The van der Waals surface area contributed by atoms with E-state index in [4.69, 9.17) is 10.5 Å². The van der Waals surface area contributed by atoms with Crippen molar-refractivity contribution in [1.82, 2.24) is 0 Å². The summed E-state index contributed by atoms with van der Waals surface area (Å²) in [5, 5.41) is 0.607. The van der Waals surface area contributed by atoms with Crippen LogP contribution in [-0.2, 0) is 15.5 Å². The second-order valence-electron chi connectivity index (χ2n) is 4.27. The fourth-order valence-corrected chi connectivity index (χ4v) is 4.43. The summed E-state index contributed by atoms with van der Waals surface area (Å²) in [6.07, 6.45) is 5.18. The SMILES string of the molecule is NC1CCCC1S(=O)C1CCOCC1. The lowest BCUT2D eigenvalue weighted by atomic mass is 10.2. The van der Waals surface area contributed by atoms with Crippen LogP contribution in [0.1, 0.15) is 32.1 Å². The van der Waals surface area contributed by atoms with Gasteiger partial charge in [-0.05, 0) is 25.7 Å². The molecule has 0 aromatic carbocycles. The van der Waals surface area contributed by atoms with Crippen LogP contribution in [0.25, 0.3) is 0 Å². The van der Waals surface area contributed by atoms with E-state index in [0.717, 1.165) is 45.3 Å². The van der Waals surface area contributed by atoms with Gasteiger partial charge in [-0.1, -0.05) is 6.42 Å². The minimum Gasteiger partial charge on any atom is -0.381 e. The third-order valence-corrected chi connectivity index (χ3v) is 5.61. The van der Waals surface area contributed by atoms with Gasteiger partial charge in [0.05, 0.1) is 5.25 Å². The molecule has 0 bridgehead atoms. The molecular weight excluding hydrogens is 198 g/mol. The van der Waals surface area contributed by atoms with Crippen molar-refractivity contribution in [3.8, 4) is 0 Å². The van der Waals surface area contributed by atoms with Crippen molar-refractivity contribution in [3.63, 3.8) is 0 Å². The molecule has 0 radical (unpaired) electrons. The maximum Gasteiger partial charge on any atom is 0.0501 e. The van der Waals surface area contributed by atoms with Gasteiger partial charge >= 0.3 is 0 Å². The summed E-state index contributed by atoms with van der Waals surface area (Å²) in [7, 11) is -0.717. The van der Waals surface area contributed by atoms with Gasteiger partial charge in [0.1, 0.15) is 0 Å². The molecule has 2 rings (SSSR count). The summed E-state index contributed by atoms with van der Waals surface area (Å²) in [6, 6.07) is 0.179. The molecule has 2 N–H and O–H groups in total. The molecule has 1 saturated heterocycles. The first-order valence-corrected chi connectivity index (χ1v) is 6.79. The molecule has 1 heterocycles. The number of hydrogen-bond acceptors (Lipinski definition) is 3. The molecule has 0 amide bonds. The number of rotatable bonds is 2. The molecule has 4 heteroatoms. The lowest BCUT2D eigenvalue weighted by Gasteiger charge is -2.26. The van der Waals surface area contributed by atoms with Gasteiger partial charge in [-0.15, -0.1) is 0 Å². The lowest BCUT2D eigenvalue weighted by molar-refractivity contribution is 0.0990. The molecule has 82 valence electrons. The van der Waals surface area contributed by atoms with Crippen molar-refractivity contribution >= 4 is 10.8 Å². The van der Waals surface area contributed by atoms with Crippen molar-refractivity contribution in [3.05, 3.63) is 0 Å². The van der Waals surface area contributed by atoms with Crippen LogP contribution in [0.3, 0.4) is 0 Å². The predicted molar refractivity (Wildman–Crippen MR) is 57.6 cm³/mol. The highest BCUT2D eigenvalue weighted by Crippen LogP contribution is 2.27. The lowest BCUT2D eigenvalue weighted by Crippen LogP contribution is -2.39. The Kier molecular flexibility index (Phi) is 3.57. The van der Waals surface area contributed by atoms with E-state index in [1.54, 1.807) is 0 Å². The highest BCUT2D eigenvalue weighted by Gasteiger charge is 2.33. The number of hydrogen-bond donors (Lipinski definition) is 1. The molecule has 1 aliphatic heterocycles. The normalized spacial score (nSPS) is 37.2. The van der Waals surface area contributed by atoms with E-state index in [-0.39, 0.29) is 11.3 Å². The topological polar surface area (TPSA) is 52.3 Å². The summed E-state index contributed by atoms with van der Waals surface area (Å²) in [5.74, 6) is 0. The minimum atomic E-state index is -0.717. The summed E-state index contributed by atoms with van der Waals surface area (Å²) in [5.41, 5.74) is 5.96. The summed E-state index contributed by atoms with van der Waals surface area (Å²) in [4.78, 5) is 0. The molecular formula is C10H19NO2S. The molecule has 3 nitrogen and oxygen atoms in total. The Labute approximate surface area is 87.8 Å². The van der Waals surface area contributed by atoms with Gasteiger partial charge < -0.3 is 10.5 Å². The van der Waals surface area contributed by atoms with Gasteiger partial charge in [0, 0.05) is 35.3 Å². The molecule has 3 atom stereocenters.